The van der Waals surface area contributed by atoms with Gasteiger partial charge in [-0.2, -0.15) is 0 Å². The van der Waals surface area contributed by atoms with E-state index in [1.54, 1.807) is 26.0 Å². The third-order valence-electron chi connectivity index (χ3n) is 2.39. The summed E-state index contributed by atoms with van der Waals surface area (Å²) in [6.45, 7) is 2.95. The number of carbonyl (C=O) groups is 3. The van der Waals surface area contributed by atoms with Crippen molar-refractivity contribution in [2.45, 2.75) is 26.3 Å². The van der Waals surface area contributed by atoms with Gasteiger partial charge >= 0.3 is 12.0 Å². The largest absolute Gasteiger partial charge is 0.455 e. The first-order valence-corrected chi connectivity index (χ1v) is 7.23. The van der Waals surface area contributed by atoms with Crippen molar-refractivity contribution in [3.05, 3.63) is 33.8 Å². The Bertz CT molecular complexity index is 576. The molecule has 0 aliphatic carbocycles. The highest BCUT2D eigenvalue weighted by Crippen LogP contribution is 2.21. The highest BCUT2D eigenvalue weighted by Gasteiger charge is 2.13. The van der Waals surface area contributed by atoms with Crippen LogP contribution in [0.3, 0.4) is 0 Å². The normalized spacial score (nSPS) is 10.2. The minimum Gasteiger partial charge on any atom is -0.455 e. The number of imide groups is 1. The minimum absolute atomic E-state index is 0.0958. The lowest BCUT2D eigenvalue weighted by Crippen LogP contribution is -2.44. The maximum Gasteiger partial charge on any atom is 0.321 e. The van der Waals surface area contributed by atoms with Gasteiger partial charge in [0.2, 0.25) is 0 Å². The summed E-state index contributed by atoms with van der Waals surface area (Å²) < 4.78 is 4.78. The quantitative estimate of drug-likeness (QED) is 0.801. The van der Waals surface area contributed by atoms with Crippen LogP contribution < -0.4 is 10.6 Å². The van der Waals surface area contributed by atoms with E-state index in [0.29, 0.717) is 15.6 Å². The predicted octanol–water partition coefficient (Wildman–Crippen LogP) is 2.31. The van der Waals surface area contributed by atoms with Gasteiger partial charge in [-0.1, -0.05) is 29.3 Å². The van der Waals surface area contributed by atoms with E-state index < -0.39 is 24.5 Å². The molecule has 0 saturated carbocycles. The first kappa shape index (κ1) is 18.3. The average Bonchev–Trinajstić information content (AvgIpc) is 2.38. The summed E-state index contributed by atoms with van der Waals surface area (Å²) >= 11 is 11.7. The summed E-state index contributed by atoms with van der Waals surface area (Å²) in [5, 5.41) is 5.31. The van der Waals surface area contributed by atoms with Crippen LogP contribution in [0.25, 0.3) is 0 Å². The Morgan fingerprint density at radius 1 is 1.23 bits per heavy atom. The highest BCUT2D eigenvalue weighted by atomic mass is 35.5. The number of rotatable bonds is 5. The molecule has 0 aromatic heterocycles. The Kier molecular flexibility index (Phi) is 7.14. The van der Waals surface area contributed by atoms with Crippen molar-refractivity contribution < 1.29 is 19.1 Å². The van der Waals surface area contributed by atoms with E-state index in [2.05, 4.69) is 5.32 Å². The number of esters is 1. The lowest BCUT2D eigenvalue weighted by molar-refractivity contribution is -0.147. The van der Waals surface area contributed by atoms with Gasteiger partial charge in [-0.3, -0.25) is 14.9 Å². The van der Waals surface area contributed by atoms with Gasteiger partial charge in [-0.25, -0.2) is 4.79 Å². The molecule has 0 unspecified atom stereocenters. The average molecular weight is 347 g/mol. The van der Waals surface area contributed by atoms with Crippen LogP contribution in [0.2, 0.25) is 10.0 Å². The van der Waals surface area contributed by atoms with Gasteiger partial charge in [0.25, 0.3) is 5.91 Å². The smallest absolute Gasteiger partial charge is 0.321 e. The second-order valence-electron chi connectivity index (χ2n) is 4.75. The van der Waals surface area contributed by atoms with Crippen molar-refractivity contribution in [2.24, 2.45) is 0 Å². The van der Waals surface area contributed by atoms with Crippen LogP contribution in [-0.4, -0.2) is 30.6 Å². The summed E-state index contributed by atoms with van der Waals surface area (Å²) in [6.07, 6.45) is -0.0958. The zero-order chi connectivity index (χ0) is 16.7. The van der Waals surface area contributed by atoms with E-state index in [0.717, 1.165) is 0 Å². The van der Waals surface area contributed by atoms with Crippen molar-refractivity contribution in [1.82, 2.24) is 10.6 Å². The van der Waals surface area contributed by atoms with Gasteiger partial charge in [0, 0.05) is 16.1 Å². The third kappa shape index (κ3) is 6.78. The summed E-state index contributed by atoms with van der Waals surface area (Å²) in [5.74, 6) is -1.35. The van der Waals surface area contributed by atoms with Gasteiger partial charge in [-0.05, 0) is 31.5 Å². The molecule has 6 nitrogen and oxygen atoms in total. The van der Waals surface area contributed by atoms with Crippen LogP contribution in [0, 0.1) is 0 Å². The second kappa shape index (κ2) is 8.60. The zero-order valence-electron chi connectivity index (χ0n) is 12.1. The summed E-state index contributed by atoms with van der Waals surface area (Å²) in [5.41, 5.74) is 0.536. The Hall–Kier alpha value is -1.79. The Labute approximate surface area is 138 Å². The molecule has 0 saturated heterocycles. The molecule has 1 aromatic carbocycles. The second-order valence-corrected chi connectivity index (χ2v) is 5.59. The third-order valence-corrected chi connectivity index (χ3v) is 2.97. The molecular formula is C14H16Cl2N2O4. The Morgan fingerprint density at radius 3 is 2.50 bits per heavy atom. The molecule has 0 aliphatic rings. The van der Waals surface area contributed by atoms with Crippen molar-refractivity contribution in [1.29, 1.82) is 0 Å². The van der Waals surface area contributed by atoms with Crippen LogP contribution >= 0.6 is 23.2 Å². The number of nitrogens with one attached hydrogen (secondary N) is 2. The van der Waals surface area contributed by atoms with Gasteiger partial charge in [0.1, 0.15) is 0 Å². The van der Waals surface area contributed by atoms with E-state index in [1.165, 1.54) is 6.07 Å². The number of hydrogen-bond donors (Lipinski definition) is 2. The molecule has 0 radical (unpaired) electrons. The summed E-state index contributed by atoms with van der Waals surface area (Å²) in [6, 6.07) is 3.95. The fourth-order valence-corrected chi connectivity index (χ4v) is 1.95. The van der Waals surface area contributed by atoms with Crippen LogP contribution in [0.4, 0.5) is 4.79 Å². The maximum atomic E-state index is 11.6. The molecule has 120 valence electrons. The first-order valence-electron chi connectivity index (χ1n) is 6.48. The Balaban J connectivity index is 2.39. The van der Waals surface area contributed by atoms with Crippen LogP contribution in [0.15, 0.2) is 18.2 Å². The van der Waals surface area contributed by atoms with E-state index in [1.807, 2.05) is 5.32 Å². The Morgan fingerprint density at radius 2 is 1.91 bits per heavy atom. The topological polar surface area (TPSA) is 84.5 Å². The number of benzene rings is 1. The number of hydrogen-bond acceptors (Lipinski definition) is 4. The SMILES string of the molecule is CC(C)NC(=O)NC(=O)COC(=O)Cc1ccc(Cl)cc1Cl. The van der Waals surface area contributed by atoms with E-state index in [-0.39, 0.29) is 12.5 Å². The number of halogens is 2. The van der Waals surface area contributed by atoms with Crippen molar-refractivity contribution in [2.75, 3.05) is 6.61 Å². The molecule has 3 amide bonds. The van der Waals surface area contributed by atoms with E-state index in [4.69, 9.17) is 27.9 Å². The highest BCUT2D eigenvalue weighted by molar-refractivity contribution is 6.35. The molecule has 0 bridgehead atoms. The molecule has 8 heteroatoms. The fourth-order valence-electron chi connectivity index (χ4n) is 1.48. The molecule has 0 atom stereocenters. The molecule has 0 heterocycles. The fraction of sp³-hybridized carbons (Fsp3) is 0.357. The standard InChI is InChI=1S/C14H16Cl2N2O4/c1-8(2)17-14(21)18-12(19)7-22-13(20)5-9-3-4-10(15)6-11(9)16/h3-4,6,8H,5,7H2,1-2H3,(H2,17,18,19,21). The molecule has 1 aromatic rings. The lowest BCUT2D eigenvalue weighted by atomic mass is 10.1. The minimum atomic E-state index is -0.714. The van der Waals surface area contributed by atoms with Crippen molar-refractivity contribution in [3.63, 3.8) is 0 Å². The van der Waals surface area contributed by atoms with Crippen LogP contribution in [0.1, 0.15) is 19.4 Å². The summed E-state index contributed by atoms with van der Waals surface area (Å²) in [7, 11) is 0. The van der Waals surface area contributed by atoms with Gasteiger partial charge in [0.05, 0.1) is 6.42 Å². The monoisotopic (exact) mass is 346 g/mol. The molecule has 22 heavy (non-hydrogen) atoms. The lowest BCUT2D eigenvalue weighted by Gasteiger charge is -2.09. The van der Waals surface area contributed by atoms with Crippen LogP contribution in [0.5, 0.6) is 0 Å². The van der Waals surface area contributed by atoms with Crippen molar-refractivity contribution in [3.8, 4) is 0 Å². The summed E-state index contributed by atoms with van der Waals surface area (Å²) in [4.78, 5) is 34.3. The number of carbonyl (C=O) groups excluding carboxylic acids is 3. The zero-order valence-corrected chi connectivity index (χ0v) is 13.6. The molecule has 0 fully saturated rings. The van der Waals surface area contributed by atoms with Gasteiger partial charge in [-0.15, -0.1) is 0 Å². The first-order chi connectivity index (χ1) is 10.3. The van der Waals surface area contributed by atoms with E-state index in [9.17, 15) is 14.4 Å². The van der Waals surface area contributed by atoms with Crippen molar-refractivity contribution >= 4 is 41.1 Å². The number of ether oxygens (including phenoxy) is 1. The molecular weight excluding hydrogens is 331 g/mol. The molecule has 0 spiro atoms. The number of amides is 3. The predicted molar refractivity (Wildman–Crippen MR) is 82.9 cm³/mol. The number of urea groups is 1. The molecule has 1 rings (SSSR count). The van der Waals surface area contributed by atoms with E-state index >= 15 is 0 Å². The molecule has 0 aliphatic heterocycles. The molecule has 2 N–H and O–H groups in total. The maximum absolute atomic E-state index is 11.6. The van der Waals surface area contributed by atoms with Gasteiger partial charge < -0.3 is 10.1 Å². The van der Waals surface area contributed by atoms with Crippen LogP contribution in [-0.2, 0) is 20.7 Å². The van der Waals surface area contributed by atoms with Gasteiger partial charge in [0.15, 0.2) is 6.61 Å².